The number of rotatable bonds is 7. The number of hydrogen-bond donors (Lipinski definition) is 4. The highest BCUT2D eigenvalue weighted by atomic mass is 16.5. The highest BCUT2D eigenvalue weighted by Crippen LogP contribution is 2.25. The van der Waals surface area contributed by atoms with Gasteiger partial charge in [0.1, 0.15) is 12.1 Å². The predicted molar refractivity (Wildman–Crippen MR) is 101 cm³/mol. The number of aliphatic hydroxyl groups excluding tert-OH is 1. The van der Waals surface area contributed by atoms with Crippen molar-refractivity contribution in [2.75, 3.05) is 6.61 Å². The Bertz CT molecular complexity index is 608. The van der Waals surface area contributed by atoms with Gasteiger partial charge in [-0.1, -0.05) is 39.0 Å². The second kappa shape index (κ2) is 8.99. The lowest BCUT2D eigenvalue weighted by atomic mass is 9.68. The molecule has 0 amide bonds. The zero-order chi connectivity index (χ0) is 19.3. The van der Waals surface area contributed by atoms with Gasteiger partial charge in [0, 0.05) is 6.54 Å². The average molecular weight is 363 g/mol. The van der Waals surface area contributed by atoms with Crippen molar-refractivity contribution in [1.29, 1.82) is 0 Å². The Kier molecular flexibility index (Phi) is 7.23. The fourth-order valence-corrected chi connectivity index (χ4v) is 3.61. The van der Waals surface area contributed by atoms with E-state index in [1.165, 1.54) is 0 Å². The molecule has 1 atom stereocenters. The molecule has 144 valence electrons. The van der Waals surface area contributed by atoms with Crippen LogP contribution in [0.2, 0.25) is 0 Å². The summed E-state index contributed by atoms with van der Waals surface area (Å²) in [5, 5.41) is 32.0. The summed E-state index contributed by atoms with van der Waals surface area (Å²) in [6.07, 6.45) is 3.86. The maximum Gasteiger partial charge on any atom is 0.488 e. The molecule has 1 fully saturated rings. The van der Waals surface area contributed by atoms with Crippen LogP contribution in [0.15, 0.2) is 18.2 Å². The van der Waals surface area contributed by atoms with Gasteiger partial charge < -0.3 is 19.9 Å². The Morgan fingerprint density at radius 1 is 1.31 bits per heavy atom. The number of carbonyl (C=O) groups is 1. The Morgan fingerprint density at radius 2 is 1.96 bits per heavy atom. The van der Waals surface area contributed by atoms with Crippen molar-refractivity contribution in [1.82, 2.24) is 5.32 Å². The minimum Gasteiger partial charge on any atom is -0.461 e. The number of hydrogen-bond acceptors (Lipinski definition) is 6. The Hall–Kier alpha value is -1.41. The molecule has 0 spiro atoms. The highest BCUT2D eigenvalue weighted by molar-refractivity contribution is 6.59. The summed E-state index contributed by atoms with van der Waals surface area (Å²) < 4.78 is 5.47. The predicted octanol–water partition coefficient (Wildman–Crippen LogP) is 0.600. The first-order valence-corrected chi connectivity index (χ1v) is 9.27. The topological polar surface area (TPSA) is 99.0 Å². The summed E-state index contributed by atoms with van der Waals surface area (Å²) in [5.41, 5.74) is 1.82. The van der Waals surface area contributed by atoms with E-state index in [2.05, 4.69) is 5.32 Å². The van der Waals surface area contributed by atoms with E-state index < -0.39 is 19.1 Å². The van der Waals surface area contributed by atoms with Crippen LogP contribution in [-0.4, -0.2) is 47.0 Å². The molecule has 1 saturated carbocycles. The number of benzene rings is 1. The van der Waals surface area contributed by atoms with Crippen LogP contribution >= 0.6 is 0 Å². The molecule has 0 aromatic heterocycles. The molecule has 1 aliphatic rings. The Balaban J connectivity index is 2.11. The van der Waals surface area contributed by atoms with Crippen LogP contribution in [0.1, 0.15) is 57.6 Å². The van der Waals surface area contributed by atoms with Crippen molar-refractivity contribution in [3.8, 4) is 0 Å². The highest BCUT2D eigenvalue weighted by Gasteiger charge is 2.28. The van der Waals surface area contributed by atoms with E-state index in [9.17, 15) is 19.9 Å². The summed E-state index contributed by atoms with van der Waals surface area (Å²) in [6, 6.07) is 4.53. The quantitative estimate of drug-likeness (QED) is 0.418. The fourth-order valence-electron chi connectivity index (χ4n) is 3.61. The summed E-state index contributed by atoms with van der Waals surface area (Å²) in [7, 11) is -1.56. The van der Waals surface area contributed by atoms with Gasteiger partial charge in [-0.25, -0.2) is 0 Å². The molecule has 2 rings (SSSR count). The monoisotopic (exact) mass is 363 g/mol. The number of carbonyl (C=O) groups excluding carboxylic acids is 1. The number of ether oxygens (including phenoxy) is 1. The second-order valence-electron chi connectivity index (χ2n) is 7.96. The van der Waals surface area contributed by atoms with Crippen LogP contribution in [0.3, 0.4) is 0 Å². The van der Waals surface area contributed by atoms with Crippen LogP contribution in [0.25, 0.3) is 0 Å². The minimum atomic E-state index is -1.56. The van der Waals surface area contributed by atoms with Gasteiger partial charge in [0.15, 0.2) is 0 Å². The van der Waals surface area contributed by atoms with Crippen LogP contribution in [0.4, 0.5) is 0 Å². The molecule has 0 aliphatic heterocycles. The van der Waals surface area contributed by atoms with Crippen molar-refractivity contribution in [2.24, 2.45) is 0 Å². The van der Waals surface area contributed by atoms with Gasteiger partial charge >= 0.3 is 13.1 Å². The third kappa shape index (κ3) is 5.30. The van der Waals surface area contributed by atoms with Gasteiger partial charge in [0.25, 0.3) is 0 Å². The molecule has 6 nitrogen and oxygen atoms in total. The van der Waals surface area contributed by atoms with E-state index in [4.69, 9.17) is 4.74 Å². The molecule has 0 heterocycles. The van der Waals surface area contributed by atoms with Crippen molar-refractivity contribution >= 4 is 18.6 Å². The van der Waals surface area contributed by atoms with Gasteiger partial charge in [-0.05, 0) is 47.7 Å². The standard InChI is InChI=1S/C19H30BNO5/c1-19(2,3)17-13(7-6-10-15(17)20(24)25)11-21-16(12-22)18(23)26-14-8-4-5-9-14/h6-7,10,14,16,21-22,24-25H,4-5,8-9,11-12H2,1-3H3/t16-/m0/s1. The van der Waals surface area contributed by atoms with E-state index >= 15 is 0 Å². The summed E-state index contributed by atoms with van der Waals surface area (Å²) >= 11 is 0. The lowest BCUT2D eigenvalue weighted by Gasteiger charge is -2.27. The first kappa shape index (κ1) is 20.9. The number of esters is 1. The van der Waals surface area contributed by atoms with Crippen molar-refractivity contribution in [3.05, 3.63) is 29.3 Å². The lowest BCUT2D eigenvalue weighted by molar-refractivity contribution is -0.152. The van der Waals surface area contributed by atoms with Crippen LogP contribution in [0, 0.1) is 0 Å². The minimum absolute atomic E-state index is 0.0450. The largest absolute Gasteiger partial charge is 0.488 e. The van der Waals surface area contributed by atoms with Crippen molar-refractivity contribution < 1.29 is 24.7 Å². The maximum atomic E-state index is 12.3. The molecule has 0 saturated heterocycles. The summed E-state index contributed by atoms with van der Waals surface area (Å²) in [6.45, 7) is 5.96. The van der Waals surface area contributed by atoms with Crippen LogP contribution in [-0.2, 0) is 21.5 Å². The van der Waals surface area contributed by atoms with Gasteiger partial charge in [0.2, 0.25) is 0 Å². The average Bonchev–Trinajstić information content (AvgIpc) is 3.07. The number of nitrogens with one attached hydrogen (secondary N) is 1. The molecule has 1 aromatic rings. The van der Waals surface area contributed by atoms with E-state index in [0.717, 1.165) is 36.8 Å². The third-order valence-electron chi connectivity index (χ3n) is 4.80. The SMILES string of the molecule is CC(C)(C)c1c(CN[C@@H](CO)C(=O)OC2CCCC2)cccc1B(O)O. The first-order chi connectivity index (χ1) is 12.2. The molecule has 26 heavy (non-hydrogen) atoms. The molecule has 1 aromatic carbocycles. The third-order valence-corrected chi connectivity index (χ3v) is 4.80. The molecular formula is C19H30BNO5. The molecule has 0 unspecified atom stereocenters. The van der Waals surface area contributed by atoms with E-state index in [-0.39, 0.29) is 18.1 Å². The van der Waals surface area contributed by atoms with E-state index in [0.29, 0.717) is 12.0 Å². The van der Waals surface area contributed by atoms with Gasteiger partial charge in [0.05, 0.1) is 6.61 Å². The lowest BCUT2D eigenvalue weighted by Crippen LogP contribution is -2.43. The van der Waals surface area contributed by atoms with Crippen molar-refractivity contribution in [3.63, 3.8) is 0 Å². The van der Waals surface area contributed by atoms with Crippen LogP contribution < -0.4 is 10.8 Å². The molecule has 7 heteroatoms. The fraction of sp³-hybridized carbons (Fsp3) is 0.632. The smallest absolute Gasteiger partial charge is 0.461 e. The molecule has 1 aliphatic carbocycles. The Morgan fingerprint density at radius 3 is 2.50 bits per heavy atom. The van der Waals surface area contributed by atoms with Gasteiger partial charge in [-0.3, -0.25) is 10.1 Å². The Labute approximate surface area is 155 Å². The van der Waals surface area contributed by atoms with E-state index in [1.807, 2.05) is 26.8 Å². The number of aliphatic hydroxyl groups is 1. The maximum absolute atomic E-state index is 12.3. The molecule has 0 radical (unpaired) electrons. The summed E-state index contributed by atoms with van der Waals surface area (Å²) in [4.78, 5) is 12.3. The normalized spacial score (nSPS) is 16.5. The molecule has 0 bridgehead atoms. The van der Waals surface area contributed by atoms with Gasteiger partial charge in [-0.15, -0.1) is 0 Å². The van der Waals surface area contributed by atoms with Crippen LogP contribution in [0.5, 0.6) is 0 Å². The van der Waals surface area contributed by atoms with E-state index in [1.54, 1.807) is 12.1 Å². The second-order valence-corrected chi connectivity index (χ2v) is 7.96. The first-order valence-electron chi connectivity index (χ1n) is 9.27. The summed E-state index contributed by atoms with van der Waals surface area (Å²) in [5.74, 6) is -0.435. The van der Waals surface area contributed by atoms with Gasteiger partial charge in [-0.2, -0.15) is 0 Å². The molecular weight excluding hydrogens is 333 g/mol. The zero-order valence-corrected chi connectivity index (χ0v) is 15.9. The molecule has 4 N–H and O–H groups in total. The zero-order valence-electron chi connectivity index (χ0n) is 15.9. The van der Waals surface area contributed by atoms with Crippen molar-refractivity contribution in [2.45, 2.75) is 70.6 Å².